The third-order valence-corrected chi connectivity index (χ3v) is 6.51. The molecular weight excluding hydrogens is 430 g/mol. The third kappa shape index (κ3) is 6.64. The van der Waals surface area contributed by atoms with Gasteiger partial charge in [-0.3, -0.25) is 10.1 Å². The summed E-state index contributed by atoms with van der Waals surface area (Å²) >= 11 is 10.9. The molecule has 2 N–H and O–H groups in total. The van der Waals surface area contributed by atoms with Crippen molar-refractivity contribution in [2.75, 3.05) is 18.4 Å². The minimum atomic E-state index is -3.52. The predicted molar refractivity (Wildman–Crippen MR) is 121 cm³/mol. The topological polar surface area (TPSA) is 78.5 Å². The second-order valence-corrected chi connectivity index (χ2v) is 8.72. The normalized spacial score (nSPS) is 11.6. The van der Waals surface area contributed by atoms with E-state index >= 15 is 0 Å². The molecule has 0 saturated carbocycles. The average Bonchev–Trinajstić information content (AvgIpc) is 2.68. The van der Waals surface area contributed by atoms with Crippen LogP contribution >= 0.6 is 23.8 Å². The summed E-state index contributed by atoms with van der Waals surface area (Å²) in [6.45, 7) is 4.38. The number of nitrogens with zero attached hydrogens (tertiary/aromatic N) is 1. The lowest BCUT2D eigenvalue weighted by molar-refractivity contribution is -0.115. The van der Waals surface area contributed by atoms with E-state index in [2.05, 4.69) is 10.6 Å². The molecule has 29 heavy (non-hydrogen) atoms. The summed E-state index contributed by atoms with van der Waals surface area (Å²) in [5, 5.41) is 6.11. The standard InChI is InChI=1S/C20H22ClN3O3S2/c1-3-24(4-2)29(26,27)18-12-10-17(11-13-18)22-20(28)23-19(25)14-7-15-5-8-16(21)9-6-15/h5-14H,3-4H2,1-2H3,(H2,22,23,25,28)/b14-7+. The highest BCUT2D eigenvalue weighted by Gasteiger charge is 2.21. The minimum Gasteiger partial charge on any atom is -0.332 e. The fourth-order valence-corrected chi connectivity index (χ4v) is 4.29. The first-order valence-electron chi connectivity index (χ1n) is 8.92. The molecule has 0 saturated heterocycles. The van der Waals surface area contributed by atoms with Crippen molar-refractivity contribution < 1.29 is 13.2 Å². The zero-order valence-electron chi connectivity index (χ0n) is 16.1. The van der Waals surface area contributed by atoms with Crippen LogP contribution in [0.25, 0.3) is 6.08 Å². The fraction of sp³-hybridized carbons (Fsp3) is 0.200. The molecule has 0 heterocycles. The number of benzene rings is 2. The van der Waals surface area contributed by atoms with E-state index in [0.29, 0.717) is 23.8 Å². The molecule has 2 rings (SSSR count). The second kappa shape index (κ2) is 10.5. The summed E-state index contributed by atoms with van der Waals surface area (Å²) in [6, 6.07) is 13.2. The van der Waals surface area contributed by atoms with Gasteiger partial charge >= 0.3 is 0 Å². The number of carbonyl (C=O) groups excluding carboxylic acids is 1. The van der Waals surface area contributed by atoms with E-state index in [0.717, 1.165) is 5.56 Å². The SMILES string of the molecule is CCN(CC)S(=O)(=O)c1ccc(NC(=S)NC(=O)/C=C/c2ccc(Cl)cc2)cc1. The second-order valence-electron chi connectivity index (χ2n) is 5.94. The van der Waals surface area contributed by atoms with Gasteiger partial charge in [-0.25, -0.2) is 8.42 Å². The maximum atomic E-state index is 12.5. The summed E-state index contributed by atoms with van der Waals surface area (Å²) in [7, 11) is -3.52. The molecule has 0 bridgehead atoms. The average molecular weight is 452 g/mol. The largest absolute Gasteiger partial charge is 0.332 e. The van der Waals surface area contributed by atoms with E-state index in [4.69, 9.17) is 23.8 Å². The molecule has 0 aliphatic heterocycles. The first kappa shape index (κ1) is 23.0. The Morgan fingerprint density at radius 1 is 1.07 bits per heavy atom. The molecule has 154 valence electrons. The summed E-state index contributed by atoms with van der Waals surface area (Å²) in [5.41, 5.74) is 1.39. The lowest BCUT2D eigenvalue weighted by Gasteiger charge is -2.18. The van der Waals surface area contributed by atoms with Crippen molar-refractivity contribution in [2.24, 2.45) is 0 Å². The molecule has 0 aliphatic carbocycles. The first-order valence-corrected chi connectivity index (χ1v) is 11.1. The van der Waals surface area contributed by atoms with Gasteiger partial charge in [-0.15, -0.1) is 0 Å². The van der Waals surface area contributed by atoms with E-state index < -0.39 is 15.9 Å². The van der Waals surface area contributed by atoms with E-state index in [1.165, 1.54) is 22.5 Å². The van der Waals surface area contributed by atoms with Gasteiger partial charge in [0, 0.05) is 29.9 Å². The molecule has 0 radical (unpaired) electrons. The number of hydrogen-bond acceptors (Lipinski definition) is 4. The summed E-state index contributed by atoms with van der Waals surface area (Å²) in [4.78, 5) is 12.2. The summed E-state index contributed by atoms with van der Waals surface area (Å²) in [5.74, 6) is -0.391. The van der Waals surface area contributed by atoms with Gasteiger partial charge < -0.3 is 5.32 Å². The molecule has 0 spiro atoms. The lowest BCUT2D eigenvalue weighted by atomic mass is 10.2. The van der Waals surface area contributed by atoms with Crippen molar-refractivity contribution in [3.63, 3.8) is 0 Å². The Hall–Kier alpha value is -2.26. The lowest BCUT2D eigenvalue weighted by Crippen LogP contribution is -2.33. The number of hydrogen-bond donors (Lipinski definition) is 2. The zero-order valence-corrected chi connectivity index (χ0v) is 18.4. The van der Waals surface area contributed by atoms with Crippen LogP contribution in [0.15, 0.2) is 59.5 Å². The smallest absolute Gasteiger partial charge is 0.250 e. The highest BCUT2D eigenvalue weighted by atomic mass is 35.5. The number of nitrogens with one attached hydrogen (secondary N) is 2. The van der Waals surface area contributed by atoms with Gasteiger partial charge in [0.1, 0.15) is 0 Å². The van der Waals surface area contributed by atoms with Crippen LogP contribution in [-0.4, -0.2) is 36.8 Å². The van der Waals surface area contributed by atoms with E-state index in [9.17, 15) is 13.2 Å². The number of anilines is 1. The van der Waals surface area contributed by atoms with Crippen LogP contribution in [0.4, 0.5) is 5.69 Å². The molecule has 0 unspecified atom stereocenters. The van der Waals surface area contributed by atoms with Crippen molar-refractivity contribution in [1.29, 1.82) is 0 Å². The molecule has 0 aliphatic rings. The minimum absolute atomic E-state index is 0.107. The predicted octanol–water partition coefficient (Wildman–Crippen LogP) is 3.90. The Morgan fingerprint density at radius 3 is 2.21 bits per heavy atom. The van der Waals surface area contributed by atoms with Gasteiger partial charge in [0.2, 0.25) is 15.9 Å². The van der Waals surface area contributed by atoms with Crippen molar-refractivity contribution in [3.8, 4) is 0 Å². The molecular formula is C20H22ClN3O3S2. The number of amides is 1. The van der Waals surface area contributed by atoms with Crippen LogP contribution in [0.1, 0.15) is 19.4 Å². The molecule has 0 aromatic heterocycles. The van der Waals surface area contributed by atoms with Crippen LogP contribution in [0, 0.1) is 0 Å². The Balaban J connectivity index is 1.95. The zero-order chi connectivity index (χ0) is 21.4. The first-order chi connectivity index (χ1) is 13.8. The van der Waals surface area contributed by atoms with Gasteiger partial charge in [-0.05, 0) is 60.3 Å². The number of sulfonamides is 1. The molecule has 0 atom stereocenters. The van der Waals surface area contributed by atoms with Gasteiger partial charge in [0.15, 0.2) is 5.11 Å². The monoisotopic (exact) mass is 451 g/mol. The third-order valence-electron chi connectivity index (χ3n) is 3.99. The number of thiocarbonyl (C=S) groups is 1. The Bertz CT molecular complexity index is 985. The number of carbonyl (C=O) groups is 1. The Labute approximate surface area is 181 Å². The quantitative estimate of drug-likeness (QED) is 0.493. The van der Waals surface area contributed by atoms with Crippen molar-refractivity contribution in [3.05, 3.63) is 65.2 Å². The maximum absolute atomic E-state index is 12.5. The van der Waals surface area contributed by atoms with Crippen molar-refractivity contribution in [2.45, 2.75) is 18.7 Å². The van der Waals surface area contributed by atoms with Crippen LogP contribution in [0.5, 0.6) is 0 Å². The molecule has 0 fully saturated rings. The highest BCUT2D eigenvalue weighted by Crippen LogP contribution is 2.18. The van der Waals surface area contributed by atoms with E-state index in [1.807, 2.05) is 0 Å². The maximum Gasteiger partial charge on any atom is 0.250 e. The molecule has 2 aromatic carbocycles. The van der Waals surface area contributed by atoms with Gasteiger partial charge in [-0.2, -0.15) is 4.31 Å². The molecule has 2 aromatic rings. The number of halogens is 1. The Kier molecular flexibility index (Phi) is 8.33. The molecule has 1 amide bonds. The fourth-order valence-electron chi connectivity index (χ4n) is 2.48. The summed E-state index contributed by atoms with van der Waals surface area (Å²) < 4.78 is 26.4. The van der Waals surface area contributed by atoms with Gasteiger partial charge in [-0.1, -0.05) is 37.6 Å². The summed E-state index contributed by atoms with van der Waals surface area (Å²) in [6.07, 6.45) is 3.00. The van der Waals surface area contributed by atoms with Crippen molar-refractivity contribution >= 4 is 56.6 Å². The van der Waals surface area contributed by atoms with E-state index in [-0.39, 0.29) is 10.0 Å². The van der Waals surface area contributed by atoms with Crippen LogP contribution in [0.2, 0.25) is 5.02 Å². The van der Waals surface area contributed by atoms with Crippen LogP contribution in [0.3, 0.4) is 0 Å². The molecule has 6 nitrogen and oxygen atoms in total. The van der Waals surface area contributed by atoms with Gasteiger partial charge in [0.25, 0.3) is 0 Å². The van der Waals surface area contributed by atoms with Crippen LogP contribution < -0.4 is 10.6 Å². The Morgan fingerprint density at radius 2 is 1.66 bits per heavy atom. The van der Waals surface area contributed by atoms with E-state index in [1.54, 1.807) is 56.3 Å². The molecule has 9 heteroatoms. The van der Waals surface area contributed by atoms with Crippen LogP contribution in [-0.2, 0) is 14.8 Å². The highest BCUT2D eigenvalue weighted by molar-refractivity contribution is 7.89. The van der Waals surface area contributed by atoms with Crippen molar-refractivity contribution in [1.82, 2.24) is 9.62 Å². The van der Waals surface area contributed by atoms with Gasteiger partial charge in [0.05, 0.1) is 4.90 Å². The number of rotatable bonds is 7.